The van der Waals surface area contributed by atoms with Crippen molar-refractivity contribution >= 4 is 0 Å². The van der Waals surface area contributed by atoms with Crippen LogP contribution in [0.5, 0.6) is 11.6 Å². The van der Waals surface area contributed by atoms with Gasteiger partial charge in [-0.15, -0.1) is 0 Å². The van der Waals surface area contributed by atoms with Gasteiger partial charge in [0.15, 0.2) is 0 Å². The summed E-state index contributed by atoms with van der Waals surface area (Å²) in [6.45, 7) is 7.02. The smallest absolute Gasteiger partial charge is 0.216 e. The van der Waals surface area contributed by atoms with Crippen LogP contribution in [-0.2, 0) is 0 Å². The number of hydrogen-bond donors (Lipinski definition) is 1. The first-order chi connectivity index (χ1) is 8.11. The zero-order chi connectivity index (χ0) is 12.3. The number of nitrogens with zero attached hydrogens (tertiary/aromatic N) is 1. The van der Waals surface area contributed by atoms with Gasteiger partial charge >= 0.3 is 0 Å². The van der Waals surface area contributed by atoms with Crippen molar-refractivity contribution in [1.82, 2.24) is 10.3 Å². The Labute approximate surface area is 102 Å². The highest BCUT2D eigenvalue weighted by Gasteiger charge is 2.29. The molecule has 0 saturated carbocycles. The van der Waals surface area contributed by atoms with Gasteiger partial charge in [0.05, 0.1) is 13.7 Å². The van der Waals surface area contributed by atoms with Gasteiger partial charge in [0.2, 0.25) is 5.88 Å². The summed E-state index contributed by atoms with van der Waals surface area (Å²) < 4.78 is 11.0. The van der Waals surface area contributed by atoms with Crippen molar-refractivity contribution in [3.63, 3.8) is 0 Å². The van der Waals surface area contributed by atoms with Gasteiger partial charge in [0, 0.05) is 29.8 Å². The van der Waals surface area contributed by atoms with Gasteiger partial charge in [0.1, 0.15) is 5.75 Å². The Kier molecular flexibility index (Phi) is 3.52. The van der Waals surface area contributed by atoms with E-state index in [1.807, 2.05) is 19.1 Å². The first kappa shape index (κ1) is 12.2. The summed E-state index contributed by atoms with van der Waals surface area (Å²) in [6, 6.07) is 3.77. The molecule has 0 radical (unpaired) electrons. The largest absolute Gasteiger partial charge is 0.493 e. The Morgan fingerprint density at radius 2 is 2.29 bits per heavy atom. The van der Waals surface area contributed by atoms with E-state index in [1.54, 1.807) is 7.11 Å². The molecule has 17 heavy (non-hydrogen) atoms. The van der Waals surface area contributed by atoms with E-state index in [4.69, 9.17) is 9.47 Å². The summed E-state index contributed by atoms with van der Waals surface area (Å²) in [5.41, 5.74) is 1.15. The van der Waals surface area contributed by atoms with Crippen LogP contribution in [0.2, 0.25) is 0 Å². The van der Waals surface area contributed by atoms with Crippen LogP contribution in [0.4, 0.5) is 0 Å². The summed E-state index contributed by atoms with van der Waals surface area (Å²) in [7, 11) is 1.62. The van der Waals surface area contributed by atoms with Crippen molar-refractivity contribution in [2.75, 3.05) is 26.8 Å². The number of hydrogen-bond acceptors (Lipinski definition) is 4. The molecule has 1 fully saturated rings. The SMILES string of the molecule is COc1cc(OC[C@]2(C)CCNC2)cc(C)n1. The highest BCUT2D eigenvalue weighted by molar-refractivity contribution is 5.29. The molecule has 1 aromatic heterocycles. The number of aromatic nitrogens is 1. The molecule has 1 N–H and O–H groups in total. The molecular weight excluding hydrogens is 216 g/mol. The van der Waals surface area contributed by atoms with E-state index in [9.17, 15) is 0 Å². The van der Waals surface area contributed by atoms with Gasteiger partial charge in [-0.1, -0.05) is 6.92 Å². The van der Waals surface area contributed by atoms with E-state index in [0.717, 1.165) is 37.6 Å². The second kappa shape index (κ2) is 4.92. The second-order valence-electron chi connectivity index (χ2n) is 5.01. The lowest BCUT2D eigenvalue weighted by molar-refractivity contribution is 0.180. The van der Waals surface area contributed by atoms with E-state index >= 15 is 0 Å². The number of pyridine rings is 1. The summed E-state index contributed by atoms with van der Waals surface area (Å²) in [5, 5.41) is 3.37. The molecule has 1 aliphatic heterocycles. The van der Waals surface area contributed by atoms with Crippen molar-refractivity contribution in [2.24, 2.45) is 5.41 Å². The van der Waals surface area contributed by atoms with Crippen LogP contribution in [0.3, 0.4) is 0 Å². The third-order valence-electron chi connectivity index (χ3n) is 3.16. The number of nitrogens with one attached hydrogen (secondary N) is 1. The fourth-order valence-corrected chi connectivity index (χ4v) is 2.04. The van der Waals surface area contributed by atoms with Crippen molar-refractivity contribution in [3.05, 3.63) is 17.8 Å². The third kappa shape index (κ3) is 3.09. The molecule has 4 nitrogen and oxygen atoms in total. The lowest BCUT2D eigenvalue weighted by Crippen LogP contribution is -2.27. The Bertz CT molecular complexity index is 387. The molecular formula is C13H20N2O2. The minimum Gasteiger partial charge on any atom is -0.493 e. The monoisotopic (exact) mass is 236 g/mol. The molecule has 1 atom stereocenters. The van der Waals surface area contributed by atoms with Crippen LogP contribution in [0.25, 0.3) is 0 Å². The molecule has 2 heterocycles. The summed E-state index contributed by atoms with van der Waals surface area (Å²) in [5.74, 6) is 1.44. The Morgan fingerprint density at radius 1 is 1.47 bits per heavy atom. The Balaban J connectivity index is 2.00. The lowest BCUT2D eigenvalue weighted by Gasteiger charge is -2.22. The molecule has 2 rings (SSSR count). The molecule has 0 aromatic carbocycles. The predicted molar refractivity (Wildman–Crippen MR) is 66.6 cm³/mol. The summed E-state index contributed by atoms with van der Waals surface area (Å²) >= 11 is 0. The molecule has 94 valence electrons. The first-order valence-electron chi connectivity index (χ1n) is 5.97. The number of aryl methyl sites for hydroxylation is 1. The number of rotatable bonds is 4. The third-order valence-corrected chi connectivity index (χ3v) is 3.16. The number of ether oxygens (including phenoxy) is 2. The fourth-order valence-electron chi connectivity index (χ4n) is 2.04. The zero-order valence-corrected chi connectivity index (χ0v) is 10.7. The maximum absolute atomic E-state index is 5.86. The summed E-state index contributed by atoms with van der Waals surface area (Å²) in [6.07, 6.45) is 1.16. The molecule has 1 aliphatic rings. The van der Waals surface area contributed by atoms with Crippen LogP contribution in [-0.4, -0.2) is 31.8 Å². The van der Waals surface area contributed by atoms with Gasteiger partial charge in [0.25, 0.3) is 0 Å². The van der Waals surface area contributed by atoms with E-state index in [0.29, 0.717) is 5.88 Å². The fraction of sp³-hybridized carbons (Fsp3) is 0.615. The molecule has 1 saturated heterocycles. The highest BCUT2D eigenvalue weighted by atomic mass is 16.5. The summed E-state index contributed by atoms with van der Waals surface area (Å²) in [4.78, 5) is 4.23. The Hall–Kier alpha value is -1.29. The molecule has 0 aliphatic carbocycles. The van der Waals surface area contributed by atoms with Crippen molar-refractivity contribution < 1.29 is 9.47 Å². The second-order valence-corrected chi connectivity index (χ2v) is 5.01. The van der Waals surface area contributed by atoms with Crippen LogP contribution in [0.15, 0.2) is 12.1 Å². The molecule has 0 bridgehead atoms. The van der Waals surface area contributed by atoms with Gasteiger partial charge in [-0.2, -0.15) is 0 Å². The van der Waals surface area contributed by atoms with Gasteiger partial charge < -0.3 is 14.8 Å². The Morgan fingerprint density at radius 3 is 2.94 bits per heavy atom. The predicted octanol–water partition coefficient (Wildman–Crippen LogP) is 1.78. The minimum absolute atomic E-state index is 0.240. The van der Waals surface area contributed by atoms with Gasteiger partial charge in [-0.05, 0) is 19.9 Å². The maximum Gasteiger partial charge on any atom is 0.216 e. The normalized spacial score (nSPS) is 23.7. The van der Waals surface area contributed by atoms with E-state index in [-0.39, 0.29) is 5.41 Å². The molecule has 4 heteroatoms. The maximum atomic E-state index is 5.86. The highest BCUT2D eigenvalue weighted by Crippen LogP contribution is 2.27. The van der Waals surface area contributed by atoms with Crippen LogP contribution < -0.4 is 14.8 Å². The first-order valence-corrected chi connectivity index (χ1v) is 5.97. The molecule has 0 spiro atoms. The van der Waals surface area contributed by atoms with Gasteiger partial charge in [-0.25, -0.2) is 4.98 Å². The van der Waals surface area contributed by atoms with Gasteiger partial charge in [-0.3, -0.25) is 0 Å². The van der Waals surface area contributed by atoms with Crippen molar-refractivity contribution in [2.45, 2.75) is 20.3 Å². The van der Waals surface area contributed by atoms with Crippen LogP contribution >= 0.6 is 0 Å². The minimum atomic E-state index is 0.240. The van der Waals surface area contributed by atoms with E-state index in [2.05, 4.69) is 17.2 Å². The van der Waals surface area contributed by atoms with Crippen LogP contribution in [0, 0.1) is 12.3 Å². The van der Waals surface area contributed by atoms with Crippen LogP contribution in [0.1, 0.15) is 19.0 Å². The number of methoxy groups -OCH3 is 1. The van der Waals surface area contributed by atoms with Crippen molar-refractivity contribution in [1.29, 1.82) is 0 Å². The topological polar surface area (TPSA) is 43.4 Å². The molecule has 0 amide bonds. The average molecular weight is 236 g/mol. The van der Waals surface area contributed by atoms with Crippen molar-refractivity contribution in [3.8, 4) is 11.6 Å². The quantitative estimate of drug-likeness (QED) is 0.865. The lowest BCUT2D eigenvalue weighted by atomic mass is 9.91. The standard InChI is InChI=1S/C13H20N2O2/c1-10-6-11(7-12(15-10)16-3)17-9-13(2)4-5-14-8-13/h6-7,14H,4-5,8-9H2,1-3H3/t13-/m1/s1. The molecule has 0 unspecified atom stereocenters. The van der Waals surface area contributed by atoms with E-state index < -0.39 is 0 Å². The average Bonchev–Trinajstić information content (AvgIpc) is 2.73. The molecule has 1 aromatic rings. The van der Waals surface area contributed by atoms with E-state index in [1.165, 1.54) is 0 Å². The zero-order valence-electron chi connectivity index (χ0n) is 10.7.